The summed E-state index contributed by atoms with van der Waals surface area (Å²) in [5.74, 6) is 0. The van der Waals surface area contributed by atoms with Gasteiger partial charge < -0.3 is 9.64 Å². The molecule has 0 saturated carbocycles. The molecule has 0 saturated heterocycles. The van der Waals surface area contributed by atoms with Gasteiger partial charge in [0.1, 0.15) is 0 Å². The first kappa shape index (κ1) is 18.3. The first-order chi connectivity index (χ1) is 11.1. The minimum absolute atomic E-state index is 0.00843. The Morgan fingerprint density at radius 2 is 2.00 bits per heavy atom. The van der Waals surface area contributed by atoms with Crippen LogP contribution in [0.5, 0.6) is 0 Å². The van der Waals surface area contributed by atoms with Gasteiger partial charge in [0.25, 0.3) is 5.69 Å². The van der Waals surface area contributed by atoms with Gasteiger partial charge in [-0.25, -0.2) is 14.6 Å². The molecule has 0 atom stereocenters. The van der Waals surface area contributed by atoms with Gasteiger partial charge in [0.15, 0.2) is 0 Å². The molecule has 1 rings (SSSR count). The van der Waals surface area contributed by atoms with Crippen molar-refractivity contribution in [3.05, 3.63) is 39.9 Å². The molecule has 124 valence electrons. The Balaban J connectivity index is 2.55. The van der Waals surface area contributed by atoms with Crippen molar-refractivity contribution >= 4 is 17.9 Å². The number of unbranched alkanes of at least 4 members (excludes halogenated alkanes) is 2. The number of non-ortho nitro benzene ring substituents is 1. The summed E-state index contributed by atoms with van der Waals surface area (Å²) in [6, 6.07) is 6.05. The fourth-order valence-corrected chi connectivity index (χ4v) is 2.02. The van der Waals surface area contributed by atoms with E-state index in [1.807, 2.05) is 0 Å². The van der Waals surface area contributed by atoms with Crippen LogP contribution in [0, 0.1) is 10.1 Å². The summed E-state index contributed by atoms with van der Waals surface area (Å²) in [6.07, 6.45) is 3.35. The van der Waals surface area contributed by atoms with Crippen LogP contribution in [0.3, 0.4) is 0 Å². The van der Waals surface area contributed by atoms with Crippen molar-refractivity contribution in [1.29, 1.82) is 0 Å². The van der Waals surface area contributed by atoms with E-state index in [1.165, 1.54) is 30.2 Å². The number of hydrogen-bond acceptors (Lipinski definition) is 6. The fourth-order valence-electron chi connectivity index (χ4n) is 2.02. The quantitative estimate of drug-likeness (QED) is 0.229. The lowest BCUT2D eigenvalue weighted by molar-refractivity contribution is -0.384. The molecule has 0 unspecified atom stereocenters. The SMILES string of the molecule is COC(=O)N(CCCCCN=C=O)Cc1ccc([N+](=O)[O-])cc1. The van der Waals surface area contributed by atoms with E-state index in [9.17, 15) is 19.7 Å². The van der Waals surface area contributed by atoms with Crippen molar-refractivity contribution in [3.63, 3.8) is 0 Å². The number of aliphatic imine (C=N–C) groups is 1. The highest BCUT2D eigenvalue weighted by molar-refractivity contribution is 5.67. The Kier molecular flexibility index (Phi) is 8.02. The van der Waals surface area contributed by atoms with E-state index >= 15 is 0 Å². The van der Waals surface area contributed by atoms with Crippen LogP contribution in [-0.4, -0.2) is 42.2 Å². The number of nitro benzene ring substituents is 1. The molecule has 0 fully saturated rings. The fraction of sp³-hybridized carbons (Fsp3) is 0.467. The third-order valence-corrected chi connectivity index (χ3v) is 3.22. The Morgan fingerprint density at radius 3 is 2.57 bits per heavy atom. The maximum Gasteiger partial charge on any atom is 0.409 e. The number of isocyanates is 1. The number of rotatable bonds is 9. The normalized spacial score (nSPS) is 9.78. The molecule has 8 heteroatoms. The number of hydrogen-bond donors (Lipinski definition) is 0. The topological polar surface area (TPSA) is 102 Å². The summed E-state index contributed by atoms with van der Waals surface area (Å²) >= 11 is 0. The summed E-state index contributed by atoms with van der Waals surface area (Å²) in [5, 5.41) is 10.6. The number of nitrogens with zero attached hydrogens (tertiary/aromatic N) is 3. The monoisotopic (exact) mass is 321 g/mol. The molecule has 1 aromatic rings. The number of ether oxygens (including phenoxy) is 1. The third kappa shape index (κ3) is 6.71. The zero-order valence-electron chi connectivity index (χ0n) is 12.9. The first-order valence-corrected chi connectivity index (χ1v) is 7.18. The molecule has 23 heavy (non-hydrogen) atoms. The van der Waals surface area contributed by atoms with Crippen LogP contribution in [0.25, 0.3) is 0 Å². The highest BCUT2D eigenvalue weighted by Gasteiger charge is 2.14. The maximum atomic E-state index is 11.8. The van der Waals surface area contributed by atoms with Crippen molar-refractivity contribution in [1.82, 2.24) is 4.90 Å². The molecular formula is C15H19N3O5. The number of carbonyl (C=O) groups is 1. The first-order valence-electron chi connectivity index (χ1n) is 7.18. The maximum absolute atomic E-state index is 11.8. The zero-order chi connectivity index (χ0) is 17.1. The number of amides is 1. The van der Waals surface area contributed by atoms with Gasteiger partial charge in [-0.3, -0.25) is 10.1 Å². The standard InChI is InChI=1S/C15H19N3O5/c1-23-15(20)17(10-4-2-3-9-16-12-19)11-13-5-7-14(8-6-13)18(21)22/h5-8H,2-4,9-11H2,1H3. The molecule has 0 aliphatic rings. The predicted octanol–water partition coefficient (Wildman–Crippen LogP) is 2.67. The molecule has 0 N–H and O–H groups in total. The largest absolute Gasteiger partial charge is 0.453 e. The Morgan fingerprint density at radius 1 is 1.30 bits per heavy atom. The smallest absolute Gasteiger partial charge is 0.409 e. The van der Waals surface area contributed by atoms with Crippen LogP contribution in [0.4, 0.5) is 10.5 Å². The van der Waals surface area contributed by atoms with Gasteiger partial charge >= 0.3 is 6.09 Å². The molecule has 0 aliphatic carbocycles. The Labute approximate surface area is 133 Å². The summed E-state index contributed by atoms with van der Waals surface area (Å²) in [4.78, 5) is 36.9. The lowest BCUT2D eigenvalue weighted by Crippen LogP contribution is -2.31. The van der Waals surface area contributed by atoms with Gasteiger partial charge in [-0.05, 0) is 24.8 Å². The Bertz CT molecular complexity index is 567. The number of nitro groups is 1. The van der Waals surface area contributed by atoms with Crippen LogP contribution in [0.2, 0.25) is 0 Å². The lowest BCUT2D eigenvalue weighted by atomic mass is 10.2. The molecule has 0 aromatic heterocycles. The van der Waals surface area contributed by atoms with Crippen LogP contribution < -0.4 is 0 Å². The summed E-state index contributed by atoms with van der Waals surface area (Å²) in [7, 11) is 1.31. The van der Waals surface area contributed by atoms with Crippen LogP contribution >= 0.6 is 0 Å². The van der Waals surface area contributed by atoms with Gasteiger partial charge in [0, 0.05) is 25.2 Å². The van der Waals surface area contributed by atoms with Crippen molar-refractivity contribution in [2.24, 2.45) is 4.99 Å². The zero-order valence-corrected chi connectivity index (χ0v) is 12.9. The van der Waals surface area contributed by atoms with Crippen molar-refractivity contribution < 1.29 is 19.2 Å². The van der Waals surface area contributed by atoms with Gasteiger partial charge in [0.05, 0.1) is 18.6 Å². The molecule has 0 aliphatic heterocycles. The van der Waals surface area contributed by atoms with Crippen molar-refractivity contribution in [3.8, 4) is 0 Å². The molecule has 1 aromatic carbocycles. The second kappa shape index (κ2) is 10.1. The van der Waals surface area contributed by atoms with E-state index in [2.05, 4.69) is 4.99 Å². The van der Waals surface area contributed by atoms with Gasteiger partial charge in [-0.2, -0.15) is 0 Å². The third-order valence-electron chi connectivity index (χ3n) is 3.22. The summed E-state index contributed by atoms with van der Waals surface area (Å²) in [5.41, 5.74) is 0.792. The van der Waals surface area contributed by atoms with Crippen molar-refractivity contribution in [2.75, 3.05) is 20.2 Å². The second-order valence-electron chi connectivity index (χ2n) is 4.85. The number of benzene rings is 1. The summed E-state index contributed by atoms with van der Waals surface area (Å²) < 4.78 is 4.75. The number of carbonyl (C=O) groups excluding carboxylic acids is 2. The molecule has 0 heterocycles. The summed E-state index contributed by atoms with van der Waals surface area (Å²) in [6.45, 7) is 1.25. The van der Waals surface area contributed by atoms with Gasteiger partial charge in [-0.1, -0.05) is 12.1 Å². The van der Waals surface area contributed by atoms with Crippen LogP contribution in [-0.2, 0) is 16.1 Å². The average Bonchev–Trinajstić information content (AvgIpc) is 2.56. The van der Waals surface area contributed by atoms with Crippen molar-refractivity contribution in [2.45, 2.75) is 25.8 Å². The van der Waals surface area contributed by atoms with Crippen LogP contribution in [0.1, 0.15) is 24.8 Å². The van der Waals surface area contributed by atoms with Crippen LogP contribution in [0.15, 0.2) is 29.3 Å². The van der Waals surface area contributed by atoms with E-state index in [1.54, 1.807) is 12.1 Å². The average molecular weight is 321 g/mol. The molecule has 0 spiro atoms. The molecule has 1 amide bonds. The van der Waals surface area contributed by atoms with E-state index in [4.69, 9.17) is 4.74 Å². The van der Waals surface area contributed by atoms with E-state index in [-0.39, 0.29) is 5.69 Å². The highest BCUT2D eigenvalue weighted by Crippen LogP contribution is 2.14. The lowest BCUT2D eigenvalue weighted by Gasteiger charge is -2.21. The second-order valence-corrected chi connectivity index (χ2v) is 4.85. The number of methoxy groups -OCH3 is 1. The Hall–Kier alpha value is -2.73. The van der Waals surface area contributed by atoms with E-state index < -0.39 is 11.0 Å². The van der Waals surface area contributed by atoms with Gasteiger partial charge in [0.2, 0.25) is 6.08 Å². The van der Waals surface area contributed by atoms with Gasteiger partial charge in [-0.15, -0.1) is 0 Å². The minimum Gasteiger partial charge on any atom is -0.453 e. The molecule has 0 bridgehead atoms. The molecule has 0 radical (unpaired) electrons. The highest BCUT2D eigenvalue weighted by atomic mass is 16.6. The molecule has 8 nitrogen and oxygen atoms in total. The predicted molar refractivity (Wildman–Crippen MR) is 82.8 cm³/mol. The van der Waals surface area contributed by atoms with E-state index in [0.29, 0.717) is 19.6 Å². The van der Waals surface area contributed by atoms with E-state index in [0.717, 1.165) is 24.8 Å². The molecular weight excluding hydrogens is 302 g/mol. The minimum atomic E-state index is -0.469.